The molecule has 3 aromatic rings. The average molecular weight is 411 g/mol. The van der Waals surface area contributed by atoms with E-state index in [-0.39, 0.29) is 41.0 Å². The van der Waals surface area contributed by atoms with Gasteiger partial charge in [0, 0.05) is 18.9 Å². The molecule has 2 atom stereocenters. The first-order chi connectivity index (χ1) is 14.5. The van der Waals surface area contributed by atoms with E-state index >= 15 is 0 Å². The van der Waals surface area contributed by atoms with Crippen LogP contribution in [-0.2, 0) is 0 Å². The van der Waals surface area contributed by atoms with Crippen LogP contribution < -0.4 is 4.74 Å². The summed E-state index contributed by atoms with van der Waals surface area (Å²) in [5, 5.41) is 0. The molecule has 1 fully saturated rings. The predicted octanol–water partition coefficient (Wildman–Crippen LogP) is 3.28. The van der Waals surface area contributed by atoms with E-state index in [1.807, 2.05) is 6.92 Å². The van der Waals surface area contributed by atoms with Crippen LogP contribution in [0.5, 0.6) is 6.01 Å². The van der Waals surface area contributed by atoms with Gasteiger partial charge in [0.25, 0.3) is 5.91 Å². The van der Waals surface area contributed by atoms with Gasteiger partial charge in [-0.15, -0.1) is 0 Å². The van der Waals surface area contributed by atoms with Crippen molar-refractivity contribution in [3.8, 4) is 17.4 Å². The van der Waals surface area contributed by atoms with Gasteiger partial charge in [0.15, 0.2) is 11.6 Å². The number of nitrogens with zero attached hydrogens (tertiary/aromatic N) is 5. The van der Waals surface area contributed by atoms with Gasteiger partial charge in [0.2, 0.25) is 0 Å². The number of likely N-dealkylation sites (tertiary alicyclic amines) is 1. The normalized spacial score (nSPS) is 18.8. The van der Waals surface area contributed by atoms with Crippen LogP contribution in [-0.4, -0.2) is 49.4 Å². The molecule has 7 nitrogen and oxygen atoms in total. The van der Waals surface area contributed by atoms with E-state index in [0.717, 1.165) is 12.4 Å². The minimum absolute atomic E-state index is 0.0479. The second-order valence-electron chi connectivity index (χ2n) is 6.96. The Balaban J connectivity index is 1.60. The summed E-state index contributed by atoms with van der Waals surface area (Å²) in [5.74, 6) is -1.31. The molecule has 1 aromatic carbocycles. The van der Waals surface area contributed by atoms with Crippen LogP contribution in [0.4, 0.5) is 8.78 Å². The van der Waals surface area contributed by atoms with Gasteiger partial charge in [-0.2, -0.15) is 0 Å². The number of amides is 1. The van der Waals surface area contributed by atoms with Gasteiger partial charge in [-0.05, 0) is 38.0 Å². The zero-order valence-corrected chi connectivity index (χ0v) is 16.2. The topological polar surface area (TPSA) is 81.1 Å². The van der Waals surface area contributed by atoms with Gasteiger partial charge in [-0.3, -0.25) is 4.79 Å². The highest BCUT2D eigenvalue weighted by atomic mass is 19.1. The molecule has 1 amide bonds. The Labute approximate surface area is 171 Å². The number of carbonyl (C=O) groups excluding carboxylic acids is 1. The van der Waals surface area contributed by atoms with E-state index in [9.17, 15) is 13.6 Å². The molecule has 9 heteroatoms. The molecule has 1 aliphatic rings. The van der Waals surface area contributed by atoms with Crippen molar-refractivity contribution in [3.63, 3.8) is 0 Å². The first-order valence-corrected chi connectivity index (χ1v) is 9.55. The molecular formula is C21H19F2N5O2. The Hall–Kier alpha value is -3.49. The number of aromatic nitrogens is 4. The first kappa shape index (κ1) is 19.8. The molecular weight excluding hydrogens is 392 g/mol. The third kappa shape index (κ3) is 3.96. The SMILES string of the molecule is C[C@H]1[C@H](Oc2ncc(F)cn2)CCCN1C(=O)c1cccc(F)c1-c1ncccn1. The summed E-state index contributed by atoms with van der Waals surface area (Å²) in [6, 6.07) is 5.68. The van der Waals surface area contributed by atoms with Crippen molar-refractivity contribution in [2.24, 2.45) is 0 Å². The Morgan fingerprint density at radius 3 is 2.57 bits per heavy atom. The first-order valence-electron chi connectivity index (χ1n) is 9.55. The second-order valence-corrected chi connectivity index (χ2v) is 6.96. The summed E-state index contributed by atoms with van der Waals surface area (Å²) in [7, 11) is 0. The molecule has 30 heavy (non-hydrogen) atoms. The Bertz CT molecular complexity index is 1030. The number of halogens is 2. The van der Waals surface area contributed by atoms with E-state index in [1.165, 1.54) is 24.5 Å². The van der Waals surface area contributed by atoms with Crippen molar-refractivity contribution in [2.75, 3.05) is 6.54 Å². The fraction of sp³-hybridized carbons (Fsp3) is 0.286. The third-order valence-corrected chi connectivity index (χ3v) is 5.07. The fourth-order valence-electron chi connectivity index (χ4n) is 3.56. The van der Waals surface area contributed by atoms with Crippen molar-refractivity contribution >= 4 is 5.91 Å². The standard InChI is InChI=1S/C21H19F2N5O2/c1-13-17(30-21-26-11-14(22)12-27-21)7-3-10-28(13)20(29)15-5-2-6-16(23)18(15)19-24-8-4-9-25-19/h2,4-6,8-9,11-13,17H,3,7,10H2,1H3/t13-,17+/m0/s1. The van der Waals surface area contributed by atoms with Crippen molar-refractivity contribution in [2.45, 2.75) is 31.9 Å². The van der Waals surface area contributed by atoms with E-state index in [2.05, 4.69) is 19.9 Å². The number of ether oxygens (including phenoxy) is 1. The maximum Gasteiger partial charge on any atom is 0.316 e. The van der Waals surface area contributed by atoms with Crippen LogP contribution in [0.15, 0.2) is 49.1 Å². The summed E-state index contributed by atoms with van der Waals surface area (Å²) in [6.45, 7) is 2.35. The van der Waals surface area contributed by atoms with Crippen molar-refractivity contribution < 1.29 is 18.3 Å². The summed E-state index contributed by atoms with van der Waals surface area (Å²) in [6.07, 6.45) is 6.05. The quantitative estimate of drug-likeness (QED) is 0.655. The third-order valence-electron chi connectivity index (χ3n) is 5.07. The minimum Gasteiger partial charge on any atom is -0.458 e. The van der Waals surface area contributed by atoms with E-state index in [0.29, 0.717) is 19.4 Å². The van der Waals surface area contributed by atoms with E-state index in [4.69, 9.17) is 4.74 Å². The number of benzene rings is 1. The molecule has 0 aliphatic carbocycles. The molecule has 154 valence electrons. The van der Waals surface area contributed by atoms with Gasteiger partial charge >= 0.3 is 6.01 Å². The summed E-state index contributed by atoms with van der Waals surface area (Å²) in [4.78, 5) is 30.9. The van der Waals surface area contributed by atoms with Crippen molar-refractivity contribution in [3.05, 3.63) is 66.3 Å². The Kier molecular flexibility index (Phi) is 5.60. The smallest absolute Gasteiger partial charge is 0.316 e. The van der Waals surface area contributed by atoms with Gasteiger partial charge in [0.05, 0.1) is 29.6 Å². The molecule has 4 rings (SSSR count). The molecule has 2 aromatic heterocycles. The van der Waals surface area contributed by atoms with Crippen LogP contribution in [0.25, 0.3) is 11.4 Å². The molecule has 0 bridgehead atoms. The van der Waals surface area contributed by atoms with Crippen LogP contribution in [0.2, 0.25) is 0 Å². The highest BCUT2D eigenvalue weighted by Crippen LogP contribution is 2.28. The monoisotopic (exact) mass is 411 g/mol. The molecule has 0 radical (unpaired) electrons. The summed E-state index contributed by atoms with van der Waals surface area (Å²) in [5.41, 5.74) is 0.256. The molecule has 1 saturated heterocycles. The molecule has 1 aliphatic heterocycles. The minimum atomic E-state index is -0.566. The van der Waals surface area contributed by atoms with Gasteiger partial charge in [-0.1, -0.05) is 6.07 Å². The molecule has 0 spiro atoms. The highest BCUT2D eigenvalue weighted by molar-refractivity contribution is 6.00. The van der Waals surface area contributed by atoms with Crippen LogP contribution >= 0.6 is 0 Å². The average Bonchev–Trinajstić information content (AvgIpc) is 2.76. The van der Waals surface area contributed by atoms with Crippen molar-refractivity contribution in [1.82, 2.24) is 24.8 Å². The van der Waals surface area contributed by atoms with Crippen LogP contribution in [0.3, 0.4) is 0 Å². The molecule has 0 saturated carbocycles. The maximum absolute atomic E-state index is 14.6. The van der Waals surface area contributed by atoms with Gasteiger partial charge in [-0.25, -0.2) is 28.7 Å². The zero-order valence-electron chi connectivity index (χ0n) is 16.2. The Morgan fingerprint density at radius 1 is 1.10 bits per heavy atom. The van der Waals surface area contributed by atoms with E-state index < -0.39 is 11.6 Å². The van der Waals surface area contributed by atoms with Crippen molar-refractivity contribution in [1.29, 1.82) is 0 Å². The summed E-state index contributed by atoms with van der Waals surface area (Å²) >= 11 is 0. The van der Waals surface area contributed by atoms with Gasteiger partial charge < -0.3 is 9.64 Å². The lowest BCUT2D eigenvalue weighted by Gasteiger charge is -2.39. The molecule has 0 N–H and O–H groups in total. The summed E-state index contributed by atoms with van der Waals surface area (Å²) < 4.78 is 33.5. The lowest BCUT2D eigenvalue weighted by molar-refractivity contribution is 0.0248. The lowest BCUT2D eigenvalue weighted by Crippen LogP contribution is -2.51. The van der Waals surface area contributed by atoms with Crippen LogP contribution in [0, 0.1) is 11.6 Å². The zero-order chi connectivity index (χ0) is 21.1. The van der Waals surface area contributed by atoms with Gasteiger partial charge in [0.1, 0.15) is 11.9 Å². The Morgan fingerprint density at radius 2 is 1.83 bits per heavy atom. The molecule has 0 unspecified atom stereocenters. The van der Waals surface area contributed by atoms with Crippen LogP contribution in [0.1, 0.15) is 30.1 Å². The lowest BCUT2D eigenvalue weighted by atomic mass is 9.97. The fourth-order valence-corrected chi connectivity index (χ4v) is 3.56. The number of hydrogen-bond acceptors (Lipinski definition) is 6. The second kappa shape index (κ2) is 8.48. The predicted molar refractivity (Wildman–Crippen MR) is 104 cm³/mol. The number of rotatable bonds is 4. The number of piperidine rings is 1. The maximum atomic E-state index is 14.6. The highest BCUT2D eigenvalue weighted by Gasteiger charge is 2.35. The molecule has 3 heterocycles. The number of carbonyl (C=O) groups is 1. The largest absolute Gasteiger partial charge is 0.458 e. The number of hydrogen-bond donors (Lipinski definition) is 0. The van der Waals surface area contributed by atoms with E-state index in [1.54, 1.807) is 17.0 Å².